The van der Waals surface area contributed by atoms with Crippen LogP contribution in [0.15, 0.2) is 22.6 Å². The zero-order valence-electron chi connectivity index (χ0n) is 9.50. The molecule has 0 bridgehead atoms. The van der Waals surface area contributed by atoms with Crippen LogP contribution < -0.4 is 4.74 Å². The van der Waals surface area contributed by atoms with Gasteiger partial charge in [-0.05, 0) is 12.1 Å². The van der Waals surface area contributed by atoms with Crippen LogP contribution in [0.4, 0.5) is 0 Å². The molecule has 0 spiro atoms. The number of nitrogens with zero attached hydrogens (tertiary/aromatic N) is 1. The van der Waals surface area contributed by atoms with Gasteiger partial charge in [-0.1, -0.05) is 26.8 Å². The number of hydrogen-bond donors (Lipinski definition) is 0. The first kappa shape index (κ1) is 10.0. The molecule has 2 rings (SSSR count). The van der Waals surface area contributed by atoms with Gasteiger partial charge in [-0.25, -0.2) is 4.98 Å². The Hall–Kier alpha value is -1.51. The van der Waals surface area contributed by atoms with Gasteiger partial charge in [-0.2, -0.15) is 0 Å². The Morgan fingerprint density at radius 2 is 2.00 bits per heavy atom. The Morgan fingerprint density at radius 1 is 1.27 bits per heavy atom. The molecule has 80 valence electrons. The lowest BCUT2D eigenvalue weighted by Crippen LogP contribution is -2.10. The van der Waals surface area contributed by atoms with Gasteiger partial charge in [0, 0.05) is 5.41 Å². The lowest BCUT2D eigenvalue weighted by Gasteiger charge is -2.11. The Bertz CT molecular complexity index is 480. The molecule has 0 atom stereocenters. The molecule has 0 saturated heterocycles. The topological polar surface area (TPSA) is 35.3 Å². The standard InChI is InChI=1S/C12H15NO2/c1-12(2,3)11-13-8-6-5-7-9(14-4)10(8)15-11/h5-7H,1-4H3. The van der Waals surface area contributed by atoms with Crippen molar-refractivity contribution in [3.63, 3.8) is 0 Å². The summed E-state index contributed by atoms with van der Waals surface area (Å²) in [6.45, 7) is 6.22. The summed E-state index contributed by atoms with van der Waals surface area (Å²) < 4.78 is 10.9. The summed E-state index contributed by atoms with van der Waals surface area (Å²) in [5, 5.41) is 0. The molecule has 0 unspecified atom stereocenters. The number of oxazole rings is 1. The van der Waals surface area contributed by atoms with Gasteiger partial charge in [0.1, 0.15) is 5.52 Å². The summed E-state index contributed by atoms with van der Waals surface area (Å²) in [6, 6.07) is 5.71. The highest BCUT2D eigenvalue weighted by atomic mass is 16.5. The van der Waals surface area contributed by atoms with Gasteiger partial charge in [0.2, 0.25) is 5.89 Å². The van der Waals surface area contributed by atoms with Crippen molar-refractivity contribution in [2.75, 3.05) is 7.11 Å². The van der Waals surface area contributed by atoms with Crippen LogP contribution >= 0.6 is 0 Å². The van der Waals surface area contributed by atoms with Gasteiger partial charge < -0.3 is 9.15 Å². The summed E-state index contributed by atoms with van der Waals surface area (Å²) in [6.07, 6.45) is 0. The molecule has 0 fully saturated rings. The van der Waals surface area contributed by atoms with Crippen LogP contribution in [-0.4, -0.2) is 12.1 Å². The van der Waals surface area contributed by atoms with Gasteiger partial charge in [0.25, 0.3) is 0 Å². The van der Waals surface area contributed by atoms with Crippen LogP contribution in [0, 0.1) is 0 Å². The summed E-state index contributed by atoms with van der Waals surface area (Å²) in [4.78, 5) is 4.45. The highest BCUT2D eigenvalue weighted by molar-refractivity contribution is 5.79. The Balaban J connectivity index is 2.65. The van der Waals surface area contributed by atoms with Crippen molar-refractivity contribution < 1.29 is 9.15 Å². The second-order valence-electron chi connectivity index (χ2n) is 4.58. The third-order valence-electron chi connectivity index (χ3n) is 2.24. The average Bonchev–Trinajstić information content (AvgIpc) is 2.59. The van der Waals surface area contributed by atoms with E-state index in [1.165, 1.54) is 0 Å². The zero-order valence-corrected chi connectivity index (χ0v) is 9.50. The summed E-state index contributed by atoms with van der Waals surface area (Å²) >= 11 is 0. The maximum absolute atomic E-state index is 5.72. The molecule has 0 aliphatic rings. The lowest BCUT2D eigenvalue weighted by atomic mass is 9.97. The number of rotatable bonds is 1. The number of benzene rings is 1. The van der Waals surface area contributed by atoms with Crippen LogP contribution in [-0.2, 0) is 5.41 Å². The van der Waals surface area contributed by atoms with Crippen LogP contribution in [0.2, 0.25) is 0 Å². The number of ether oxygens (including phenoxy) is 1. The molecule has 0 N–H and O–H groups in total. The molecule has 15 heavy (non-hydrogen) atoms. The lowest BCUT2D eigenvalue weighted by molar-refractivity contribution is 0.385. The van der Waals surface area contributed by atoms with Crippen molar-refractivity contribution in [3.05, 3.63) is 24.1 Å². The number of fused-ring (bicyclic) bond motifs is 1. The number of hydrogen-bond acceptors (Lipinski definition) is 3. The largest absolute Gasteiger partial charge is 0.493 e. The Kier molecular flexibility index (Phi) is 2.18. The van der Waals surface area contributed by atoms with E-state index in [1.54, 1.807) is 7.11 Å². The molecular formula is C12H15NO2. The second-order valence-corrected chi connectivity index (χ2v) is 4.58. The fraction of sp³-hybridized carbons (Fsp3) is 0.417. The third kappa shape index (κ3) is 1.69. The Morgan fingerprint density at radius 3 is 2.60 bits per heavy atom. The predicted octanol–water partition coefficient (Wildman–Crippen LogP) is 3.13. The van der Waals surface area contributed by atoms with Crippen LogP contribution in [0.3, 0.4) is 0 Å². The molecule has 1 aromatic carbocycles. The molecule has 1 aromatic heterocycles. The van der Waals surface area contributed by atoms with Gasteiger partial charge in [-0.15, -0.1) is 0 Å². The fourth-order valence-electron chi connectivity index (χ4n) is 1.41. The van der Waals surface area contributed by atoms with Crippen LogP contribution in [0.5, 0.6) is 5.75 Å². The first-order valence-electron chi connectivity index (χ1n) is 4.96. The first-order valence-corrected chi connectivity index (χ1v) is 4.96. The Labute approximate surface area is 89.1 Å². The quantitative estimate of drug-likeness (QED) is 0.717. The van der Waals surface area contributed by atoms with E-state index in [1.807, 2.05) is 18.2 Å². The third-order valence-corrected chi connectivity index (χ3v) is 2.24. The predicted molar refractivity (Wildman–Crippen MR) is 59.3 cm³/mol. The minimum absolute atomic E-state index is 0.0793. The average molecular weight is 205 g/mol. The number of para-hydroxylation sites is 1. The molecule has 0 aliphatic heterocycles. The van der Waals surface area contributed by atoms with Crippen LogP contribution in [0.1, 0.15) is 26.7 Å². The van der Waals surface area contributed by atoms with Gasteiger partial charge in [0.15, 0.2) is 11.3 Å². The smallest absolute Gasteiger partial charge is 0.201 e. The fourth-order valence-corrected chi connectivity index (χ4v) is 1.41. The summed E-state index contributed by atoms with van der Waals surface area (Å²) in [7, 11) is 1.63. The van der Waals surface area contributed by atoms with E-state index in [2.05, 4.69) is 25.8 Å². The van der Waals surface area contributed by atoms with E-state index in [0.29, 0.717) is 0 Å². The van der Waals surface area contributed by atoms with E-state index in [-0.39, 0.29) is 5.41 Å². The van der Waals surface area contributed by atoms with Crippen molar-refractivity contribution in [1.82, 2.24) is 4.98 Å². The van der Waals surface area contributed by atoms with Gasteiger partial charge in [-0.3, -0.25) is 0 Å². The highest BCUT2D eigenvalue weighted by Crippen LogP contribution is 2.30. The maximum atomic E-state index is 5.72. The van der Waals surface area contributed by atoms with Crippen molar-refractivity contribution in [2.24, 2.45) is 0 Å². The first-order chi connectivity index (χ1) is 7.02. The van der Waals surface area contributed by atoms with E-state index in [4.69, 9.17) is 9.15 Å². The zero-order chi connectivity index (χ0) is 11.1. The molecule has 1 heterocycles. The highest BCUT2D eigenvalue weighted by Gasteiger charge is 2.21. The van der Waals surface area contributed by atoms with Crippen molar-refractivity contribution in [1.29, 1.82) is 0 Å². The van der Waals surface area contributed by atoms with Crippen LogP contribution in [0.25, 0.3) is 11.1 Å². The van der Waals surface area contributed by atoms with Gasteiger partial charge in [0.05, 0.1) is 7.11 Å². The van der Waals surface area contributed by atoms with Crippen molar-refractivity contribution >= 4 is 11.1 Å². The molecule has 3 nitrogen and oxygen atoms in total. The SMILES string of the molecule is COc1cccc2nc(C(C)(C)C)oc12. The molecule has 0 saturated carbocycles. The van der Waals surface area contributed by atoms with E-state index in [0.717, 1.165) is 22.7 Å². The molecule has 2 aromatic rings. The molecule has 0 aliphatic carbocycles. The minimum Gasteiger partial charge on any atom is -0.493 e. The van der Waals surface area contributed by atoms with Crippen molar-refractivity contribution in [3.8, 4) is 5.75 Å². The molecule has 0 radical (unpaired) electrons. The summed E-state index contributed by atoms with van der Waals surface area (Å²) in [5.74, 6) is 1.47. The molecular weight excluding hydrogens is 190 g/mol. The monoisotopic (exact) mass is 205 g/mol. The normalized spacial score (nSPS) is 12.0. The minimum atomic E-state index is -0.0793. The van der Waals surface area contributed by atoms with Crippen molar-refractivity contribution in [2.45, 2.75) is 26.2 Å². The molecule has 0 amide bonds. The molecule has 3 heteroatoms. The number of aromatic nitrogens is 1. The summed E-state index contributed by atoms with van der Waals surface area (Å²) in [5.41, 5.74) is 1.49. The number of methoxy groups -OCH3 is 1. The van der Waals surface area contributed by atoms with E-state index in [9.17, 15) is 0 Å². The van der Waals surface area contributed by atoms with E-state index >= 15 is 0 Å². The van der Waals surface area contributed by atoms with Gasteiger partial charge >= 0.3 is 0 Å². The second kappa shape index (κ2) is 3.26. The van der Waals surface area contributed by atoms with E-state index < -0.39 is 0 Å². The maximum Gasteiger partial charge on any atom is 0.201 e.